The van der Waals surface area contributed by atoms with Crippen LogP contribution in [0.25, 0.3) is 0 Å². The van der Waals surface area contributed by atoms with Crippen molar-refractivity contribution < 1.29 is 5.11 Å². The number of hydrogen-bond donors (Lipinski definition) is 2. The Morgan fingerprint density at radius 1 is 1.33 bits per heavy atom. The predicted molar refractivity (Wildman–Crippen MR) is 49.6 cm³/mol. The van der Waals surface area contributed by atoms with Crippen molar-refractivity contribution in [3.05, 3.63) is 35.9 Å². The van der Waals surface area contributed by atoms with Crippen molar-refractivity contribution in [3.63, 3.8) is 0 Å². The van der Waals surface area contributed by atoms with Gasteiger partial charge in [-0.05, 0) is 18.0 Å². The van der Waals surface area contributed by atoms with Crippen LogP contribution in [0, 0.1) is 5.92 Å². The van der Waals surface area contributed by atoms with Gasteiger partial charge in [0, 0.05) is 0 Å². The summed E-state index contributed by atoms with van der Waals surface area (Å²) < 4.78 is 0. The Morgan fingerprint density at radius 2 is 1.92 bits per heavy atom. The summed E-state index contributed by atoms with van der Waals surface area (Å²) in [6.45, 7) is 2.45. The summed E-state index contributed by atoms with van der Waals surface area (Å²) in [6.07, 6.45) is -0.434. The van der Waals surface area contributed by atoms with E-state index in [9.17, 15) is 5.11 Å². The molecular formula is C10H15NO. The summed E-state index contributed by atoms with van der Waals surface area (Å²) in [5.74, 6) is 0.118. The van der Waals surface area contributed by atoms with Crippen molar-refractivity contribution in [2.45, 2.75) is 13.0 Å². The molecule has 0 aliphatic heterocycles. The van der Waals surface area contributed by atoms with E-state index in [0.717, 1.165) is 5.56 Å². The first kappa shape index (κ1) is 9.23. The molecule has 2 nitrogen and oxygen atoms in total. The van der Waals surface area contributed by atoms with Crippen LogP contribution in [0.1, 0.15) is 18.6 Å². The molecule has 0 spiro atoms. The molecule has 1 aromatic carbocycles. The average molecular weight is 165 g/mol. The fourth-order valence-electron chi connectivity index (χ4n) is 1.11. The lowest BCUT2D eigenvalue weighted by atomic mass is 9.98. The van der Waals surface area contributed by atoms with Gasteiger partial charge in [0.25, 0.3) is 0 Å². The van der Waals surface area contributed by atoms with Gasteiger partial charge in [0.1, 0.15) is 0 Å². The van der Waals surface area contributed by atoms with Crippen molar-refractivity contribution in [3.8, 4) is 0 Å². The molecule has 1 rings (SSSR count). The summed E-state index contributed by atoms with van der Waals surface area (Å²) in [7, 11) is 0. The van der Waals surface area contributed by atoms with E-state index >= 15 is 0 Å². The second kappa shape index (κ2) is 4.24. The lowest BCUT2D eigenvalue weighted by molar-refractivity contribution is 0.122. The summed E-state index contributed by atoms with van der Waals surface area (Å²) in [5.41, 5.74) is 6.39. The first-order valence-electron chi connectivity index (χ1n) is 4.18. The molecule has 0 bridgehead atoms. The van der Waals surface area contributed by atoms with Crippen LogP contribution in [-0.4, -0.2) is 11.7 Å². The van der Waals surface area contributed by atoms with Gasteiger partial charge < -0.3 is 10.8 Å². The van der Waals surface area contributed by atoms with E-state index in [1.54, 1.807) is 0 Å². The van der Waals surface area contributed by atoms with E-state index in [0.29, 0.717) is 6.54 Å². The van der Waals surface area contributed by atoms with Gasteiger partial charge in [-0.3, -0.25) is 0 Å². The maximum absolute atomic E-state index is 9.71. The third-order valence-corrected chi connectivity index (χ3v) is 2.05. The molecule has 1 aromatic rings. The highest BCUT2D eigenvalue weighted by atomic mass is 16.3. The van der Waals surface area contributed by atoms with E-state index in [-0.39, 0.29) is 5.92 Å². The van der Waals surface area contributed by atoms with Crippen molar-refractivity contribution in [1.29, 1.82) is 0 Å². The highest BCUT2D eigenvalue weighted by Gasteiger charge is 2.13. The molecule has 0 saturated heterocycles. The van der Waals surface area contributed by atoms with Gasteiger partial charge in [0.05, 0.1) is 6.10 Å². The largest absolute Gasteiger partial charge is 0.388 e. The van der Waals surface area contributed by atoms with Crippen LogP contribution in [0.15, 0.2) is 30.3 Å². The molecule has 0 aromatic heterocycles. The second-order valence-corrected chi connectivity index (χ2v) is 3.07. The summed E-state index contributed by atoms with van der Waals surface area (Å²) in [6, 6.07) is 9.60. The number of aliphatic hydroxyl groups is 1. The molecule has 0 amide bonds. The molecule has 2 heteroatoms. The predicted octanol–water partition coefficient (Wildman–Crippen LogP) is 1.31. The van der Waals surface area contributed by atoms with Gasteiger partial charge in [0.15, 0.2) is 0 Å². The van der Waals surface area contributed by atoms with E-state index in [4.69, 9.17) is 5.73 Å². The first-order valence-corrected chi connectivity index (χ1v) is 4.18. The summed E-state index contributed by atoms with van der Waals surface area (Å²) >= 11 is 0. The number of benzene rings is 1. The SMILES string of the molecule is C[C@H](CN)[C@@H](O)c1ccccc1. The van der Waals surface area contributed by atoms with Gasteiger partial charge >= 0.3 is 0 Å². The van der Waals surface area contributed by atoms with Gasteiger partial charge in [-0.25, -0.2) is 0 Å². The zero-order valence-electron chi connectivity index (χ0n) is 7.27. The zero-order chi connectivity index (χ0) is 8.97. The van der Waals surface area contributed by atoms with Crippen LogP contribution in [0.3, 0.4) is 0 Å². The van der Waals surface area contributed by atoms with Crippen LogP contribution in [0.2, 0.25) is 0 Å². The van der Waals surface area contributed by atoms with Gasteiger partial charge in [-0.1, -0.05) is 37.3 Å². The molecule has 0 radical (unpaired) electrons. The summed E-state index contributed by atoms with van der Waals surface area (Å²) in [5, 5.41) is 9.71. The maximum Gasteiger partial charge on any atom is 0.0827 e. The minimum Gasteiger partial charge on any atom is -0.388 e. The number of rotatable bonds is 3. The highest BCUT2D eigenvalue weighted by Crippen LogP contribution is 2.19. The zero-order valence-corrected chi connectivity index (χ0v) is 7.27. The van der Waals surface area contributed by atoms with Gasteiger partial charge in [0.2, 0.25) is 0 Å². The fourth-order valence-corrected chi connectivity index (χ4v) is 1.11. The Labute approximate surface area is 73.0 Å². The van der Waals surface area contributed by atoms with Crippen molar-refractivity contribution in [2.75, 3.05) is 6.54 Å². The van der Waals surface area contributed by atoms with Crippen LogP contribution in [0.4, 0.5) is 0 Å². The molecule has 12 heavy (non-hydrogen) atoms. The lowest BCUT2D eigenvalue weighted by Gasteiger charge is -2.16. The van der Waals surface area contributed by atoms with Crippen LogP contribution in [-0.2, 0) is 0 Å². The van der Waals surface area contributed by atoms with Gasteiger partial charge in [-0.2, -0.15) is 0 Å². The second-order valence-electron chi connectivity index (χ2n) is 3.07. The summed E-state index contributed by atoms with van der Waals surface area (Å²) in [4.78, 5) is 0. The number of hydrogen-bond acceptors (Lipinski definition) is 2. The molecule has 0 saturated carbocycles. The topological polar surface area (TPSA) is 46.2 Å². The van der Waals surface area contributed by atoms with E-state index < -0.39 is 6.10 Å². The molecular weight excluding hydrogens is 150 g/mol. The molecule has 0 aliphatic carbocycles. The number of nitrogens with two attached hydrogens (primary N) is 1. The molecule has 3 N–H and O–H groups in total. The fraction of sp³-hybridized carbons (Fsp3) is 0.400. The van der Waals surface area contributed by atoms with E-state index in [2.05, 4.69) is 0 Å². The lowest BCUT2D eigenvalue weighted by Crippen LogP contribution is -2.18. The number of aliphatic hydroxyl groups excluding tert-OH is 1. The van der Waals surface area contributed by atoms with Gasteiger partial charge in [-0.15, -0.1) is 0 Å². The van der Waals surface area contributed by atoms with E-state index in [1.807, 2.05) is 37.3 Å². The molecule has 0 unspecified atom stereocenters. The first-order chi connectivity index (χ1) is 5.75. The molecule has 2 atom stereocenters. The highest BCUT2D eigenvalue weighted by molar-refractivity contribution is 5.17. The van der Waals surface area contributed by atoms with Crippen LogP contribution in [0.5, 0.6) is 0 Å². The van der Waals surface area contributed by atoms with Crippen LogP contribution < -0.4 is 5.73 Å². The Kier molecular flexibility index (Phi) is 3.26. The molecule has 0 aliphatic rings. The normalized spacial score (nSPS) is 15.6. The van der Waals surface area contributed by atoms with Crippen molar-refractivity contribution in [1.82, 2.24) is 0 Å². The Balaban J connectivity index is 2.71. The quantitative estimate of drug-likeness (QED) is 0.709. The Morgan fingerprint density at radius 3 is 2.42 bits per heavy atom. The average Bonchev–Trinajstić information content (AvgIpc) is 2.17. The standard InChI is InChI=1S/C10H15NO/c1-8(7-11)10(12)9-5-3-2-4-6-9/h2-6,8,10,12H,7,11H2,1H3/t8-,10-/m1/s1. The molecule has 0 heterocycles. The Hall–Kier alpha value is -0.860. The third kappa shape index (κ3) is 2.06. The maximum atomic E-state index is 9.71. The van der Waals surface area contributed by atoms with E-state index in [1.165, 1.54) is 0 Å². The third-order valence-electron chi connectivity index (χ3n) is 2.05. The minimum atomic E-state index is -0.434. The van der Waals surface area contributed by atoms with Crippen molar-refractivity contribution in [2.24, 2.45) is 11.7 Å². The Bertz CT molecular complexity index is 223. The molecule has 0 fully saturated rings. The monoisotopic (exact) mass is 165 g/mol. The van der Waals surface area contributed by atoms with Crippen molar-refractivity contribution >= 4 is 0 Å². The smallest absolute Gasteiger partial charge is 0.0827 e. The van der Waals surface area contributed by atoms with Crippen LogP contribution >= 0.6 is 0 Å². The minimum absolute atomic E-state index is 0.118. The molecule has 66 valence electrons.